The first-order valence-corrected chi connectivity index (χ1v) is 7.47. The third kappa shape index (κ3) is 3.28. The van der Waals surface area contributed by atoms with Crippen molar-refractivity contribution in [3.05, 3.63) is 30.3 Å². The SMILES string of the molecule is c1ccc(OCCN2CCC3(CCNCC3)C2)cc1. The zero-order valence-corrected chi connectivity index (χ0v) is 11.6. The van der Waals surface area contributed by atoms with Crippen LogP contribution in [0.2, 0.25) is 0 Å². The molecule has 2 fully saturated rings. The summed E-state index contributed by atoms with van der Waals surface area (Å²) in [6.45, 7) is 6.79. The van der Waals surface area contributed by atoms with Gasteiger partial charge in [-0.1, -0.05) is 18.2 Å². The highest BCUT2D eigenvalue weighted by molar-refractivity contribution is 5.20. The van der Waals surface area contributed by atoms with Crippen LogP contribution in [0.3, 0.4) is 0 Å². The molecule has 2 aliphatic rings. The van der Waals surface area contributed by atoms with Gasteiger partial charge in [-0.25, -0.2) is 0 Å². The van der Waals surface area contributed by atoms with Gasteiger partial charge in [-0.2, -0.15) is 0 Å². The minimum absolute atomic E-state index is 0.609. The first-order chi connectivity index (χ1) is 9.36. The zero-order chi connectivity index (χ0) is 13.0. The fourth-order valence-corrected chi connectivity index (χ4v) is 3.39. The number of benzene rings is 1. The summed E-state index contributed by atoms with van der Waals surface area (Å²) in [6.07, 6.45) is 4.08. The second-order valence-corrected chi connectivity index (χ2v) is 5.94. The van der Waals surface area contributed by atoms with Crippen LogP contribution in [0.1, 0.15) is 19.3 Å². The molecule has 0 unspecified atom stereocenters. The first-order valence-electron chi connectivity index (χ1n) is 7.47. The molecule has 1 aromatic carbocycles. The Morgan fingerprint density at radius 2 is 1.89 bits per heavy atom. The third-order valence-corrected chi connectivity index (χ3v) is 4.60. The van der Waals surface area contributed by atoms with Crippen LogP contribution in [0.4, 0.5) is 0 Å². The molecule has 2 saturated heterocycles. The number of likely N-dealkylation sites (tertiary alicyclic amines) is 1. The van der Waals surface area contributed by atoms with Gasteiger partial charge in [0.2, 0.25) is 0 Å². The number of hydrogen-bond acceptors (Lipinski definition) is 3. The predicted octanol–water partition coefficient (Wildman–Crippen LogP) is 2.14. The molecule has 104 valence electrons. The Hall–Kier alpha value is -1.06. The number of hydrogen-bond donors (Lipinski definition) is 1. The van der Waals surface area contributed by atoms with E-state index < -0.39 is 0 Å². The Morgan fingerprint density at radius 1 is 1.11 bits per heavy atom. The van der Waals surface area contributed by atoms with Gasteiger partial charge in [0.15, 0.2) is 0 Å². The predicted molar refractivity (Wildman–Crippen MR) is 77.5 cm³/mol. The lowest BCUT2D eigenvalue weighted by Gasteiger charge is -2.33. The fraction of sp³-hybridized carbons (Fsp3) is 0.625. The Balaban J connectivity index is 1.42. The van der Waals surface area contributed by atoms with E-state index in [0.29, 0.717) is 5.41 Å². The summed E-state index contributed by atoms with van der Waals surface area (Å²) >= 11 is 0. The molecule has 19 heavy (non-hydrogen) atoms. The third-order valence-electron chi connectivity index (χ3n) is 4.60. The second kappa shape index (κ2) is 5.93. The number of piperidine rings is 1. The van der Waals surface area contributed by atoms with E-state index in [1.54, 1.807) is 0 Å². The summed E-state index contributed by atoms with van der Waals surface area (Å²) in [5.41, 5.74) is 0.609. The molecule has 3 nitrogen and oxygen atoms in total. The molecule has 0 aromatic heterocycles. The lowest BCUT2D eigenvalue weighted by atomic mass is 9.78. The highest BCUT2D eigenvalue weighted by atomic mass is 16.5. The summed E-state index contributed by atoms with van der Waals surface area (Å²) in [6, 6.07) is 10.1. The molecular formula is C16H24N2O. The molecule has 0 saturated carbocycles. The van der Waals surface area contributed by atoms with Gasteiger partial charge in [0, 0.05) is 13.1 Å². The molecule has 3 heteroatoms. The summed E-state index contributed by atoms with van der Waals surface area (Å²) < 4.78 is 5.79. The number of ether oxygens (including phenoxy) is 1. The van der Waals surface area contributed by atoms with Crippen LogP contribution >= 0.6 is 0 Å². The maximum absolute atomic E-state index is 5.79. The van der Waals surface area contributed by atoms with E-state index in [9.17, 15) is 0 Å². The van der Waals surface area contributed by atoms with Crippen molar-refractivity contribution in [3.8, 4) is 5.75 Å². The van der Waals surface area contributed by atoms with Gasteiger partial charge in [-0.15, -0.1) is 0 Å². The lowest BCUT2D eigenvalue weighted by molar-refractivity contribution is 0.180. The molecule has 0 amide bonds. The lowest BCUT2D eigenvalue weighted by Crippen LogP contribution is -2.39. The van der Waals surface area contributed by atoms with E-state index in [0.717, 1.165) is 18.9 Å². The van der Waals surface area contributed by atoms with E-state index >= 15 is 0 Å². The molecule has 1 spiro atoms. The zero-order valence-electron chi connectivity index (χ0n) is 11.6. The van der Waals surface area contributed by atoms with Crippen molar-refractivity contribution in [3.63, 3.8) is 0 Å². The molecule has 0 atom stereocenters. The van der Waals surface area contributed by atoms with Crippen molar-refractivity contribution in [1.29, 1.82) is 0 Å². The smallest absolute Gasteiger partial charge is 0.119 e. The average molecular weight is 260 g/mol. The van der Waals surface area contributed by atoms with E-state index in [4.69, 9.17) is 4.74 Å². The number of nitrogens with zero attached hydrogens (tertiary/aromatic N) is 1. The molecular weight excluding hydrogens is 236 g/mol. The van der Waals surface area contributed by atoms with Gasteiger partial charge in [0.1, 0.15) is 12.4 Å². The van der Waals surface area contributed by atoms with Crippen molar-refractivity contribution in [1.82, 2.24) is 10.2 Å². The molecule has 0 radical (unpaired) electrons. The van der Waals surface area contributed by atoms with Gasteiger partial charge in [-0.3, -0.25) is 4.90 Å². The Labute approximate surface area is 115 Å². The quantitative estimate of drug-likeness (QED) is 0.897. The van der Waals surface area contributed by atoms with Gasteiger partial charge >= 0.3 is 0 Å². The molecule has 0 bridgehead atoms. The van der Waals surface area contributed by atoms with Crippen LogP contribution in [0.5, 0.6) is 5.75 Å². The summed E-state index contributed by atoms with van der Waals surface area (Å²) in [5.74, 6) is 0.985. The molecule has 2 aliphatic heterocycles. The topological polar surface area (TPSA) is 24.5 Å². The van der Waals surface area contributed by atoms with E-state index in [2.05, 4.69) is 10.2 Å². The van der Waals surface area contributed by atoms with E-state index in [1.165, 1.54) is 45.4 Å². The van der Waals surface area contributed by atoms with Crippen molar-refractivity contribution >= 4 is 0 Å². The van der Waals surface area contributed by atoms with Crippen LogP contribution in [-0.4, -0.2) is 44.2 Å². The Kier molecular flexibility index (Phi) is 4.04. The number of para-hydroxylation sites is 1. The summed E-state index contributed by atoms with van der Waals surface area (Å²) in [4.78, 5) is 2.58. The van der Waals surface area contributed by atoms with Crippen molar-refractivity contribution in [2.45, 2.75) is 19.3 Å². The van der Waals surface area contributed by atoms with Crippen molar-refractivity contribution < 1.29 is 4.74 Å². The molecule has 3 rings (SSSR count). The van der Waals surface area contributed by atoms with Crippen LogP contribution < -0.4 is 10.1 Å². The summed E-state index contributed by atoms with van der Waals surface area (Å²) in [7, 11) is 0. The normalized spacial score (nSPS) is 22.7. The second-order valence-electron chi connectivity index (χ2n) is 5.94. The number of rotatable bonds is 4. The van der Waals surface area contributed by atoms with Crippen molar-refractivity contribution in [2.24, 2.45) is 5.41 Å². The van der Waals surface area contributed by atoms with Crippen LogP contribution in [0.25, 0.3) is 0 Å². The van der Waals surface area contributed by atoms with E-state index in [-0.39, 0.29) is 0 Å². The van der Waals surface area contributed by atoms with E-state index in [1.807, 2.05) is 30.3 Å². The highest BCUT2D eigenvalue weighted by Gasteiger charge is 2.38. The van der Waals surface area contributed by atoms with Crippen LogP contribution in [0.15, 0.2) is 30.3 Å². The van der Waals surface area contributed by atoms with Gasteiger partial charge in [0.05, 0.1) is 0 Å². The Bertz CT molecular complexity index is 387. The first kappa shape index (κ1) is 12.9. The Morgan fingerprint density at radius 3 is 2.68 bits per heavy atom. The van der Waals surface area contributed by atoms with Gasteiger partial charge in [-0.05, 0) is 56.4 Å². The van der Waals surface area contributed by atoms with Crippen LogP contribution in [0, 0.1) is 5.41 Å². The minimum Gasteiger partial charge on any atom is -0.492 e. The molecule has 1 aromatic rings. The maximum atomic E-state index is 5.79. The van der Waals surface area contributed by atoms with Gasteiger partial charge in [0.25, 0.3) is 0 Å². The van der Waals surface area contributed by atoms with Crippen LogP contribution in [-0.2, 0) is 0 Å². The minimum atomic E-state index is 0.609. The largest absolute Gasteiger partial charge is 0.492 e. The highest BCUT2D eigenvalue weighted by Crippen LogP contribution is 2.38. The average Bonchev–Trinajstić information content (AvgIpc) is 2.84. The maximum Gasteiger partial charge on any atom is 0.119 e. The summed E-state index contributed by atoms with van der Waals surface area (Å²) in [5, 5.41) is 3.47. The van der Waals surface area contributed by atoms with Crippen molar-refractivity contribution in [2.75, 3.05) is 39.3 Å². The monoisotopic (exact) mass is 260 g/mol. The molecule has 2 heterocycles. The van der Waals surface area contributed by atoms with Gasteiger partial charge < -0.3 is 10.1 Å². The fourth-order valence-electron chi connectivity index (χ4n) is 3.39. The standard InChI is InChI=1S/C16H24N2O/c1-2-4-15(5-3-1)19-13-12-18-11-8-16(14-18)6-9-17-10-7-16/h1-5,17H,6-14H2. The molecule has 1 N–H and O–H groups in total. The molecule has 0 aliphatic carbocycles. The number of nitrogens with one attached hydrogen (secondary N) is 1.